The number of hydrogen-bond acceptors (Lipinski definition) is 4. The molecule has 29 heavy (non-hydrogen) atoms. The monoisotopic (exact) mass is 409 g/mol. The molecule has 2 aromatic carbocycles. The first kappa shape index (κ1) is 19.7. The fourth-order valence-corrected chi connectivity index (χ4v) is 4.63. The van der Waals surface area contributed by atoms with Crippen molar-refractivity contribution in [2.75, 3.05) is 13.1 Å². The summed E-state index contributed by atoms with van der Waals surface area (Å²) in [7, 11) is 0. The van der Waals surface area contributed by atoms with Crippen LogP contribution < -0.4 is 5.32 Å². The minimum Gasteiger partial charge on any atom is -0.348 e. The first-order valence-corrected chi connectivity index (χ1v) is 10.7. The summed E-state index contributed by atoms with van der Waals surface area (Å²) >= 11 is 1.36. The molecule has 1 aliphatic rings. The van der Waals surface area contributed by atoms with Crippen molar-refractivity contribution in [1.29, 1.82) is 0 Å². The number of nitrogens with one attached hydrogen (secondary N) is 1. The van der Waals surface area contributed by atoms with E-state index in [0.717, 1.165) is 43.0 Å². The van der Waals surface area contributed by atoms with Crippen molar-refractivity contribution < 1.29 is 9.18 Å². The third-order valence-electron chi connectivity index (χ3n) is 5.27. The Morgan fingerprint density at radius 3 is 2.52 bits per heavy atom. The van der Waals surface area contributed by atoms with E-state index in [4.69, 9.17) is 0 Å². The zero-order valence-electron chi connectivity index (χ0n) is 16.4. The SMILES string of the molecule is Cc1nc(-c2ccc(F)cc2)sc1C(=O)NC1CCN(Cc2ccccc2)CC1. The lowest BCUT2D eigenvalue weighted by Crippen LogP contribution is -2.44. The topological polar surface area (TPSA) is 45.2 Å². The van der Waals surface area contributed by atoms with Gasteiger partial charge in [-0.25, -0.2) is 9.37 Å². The number of carbonyl (C=O) groups is 1. The van der Waals surface area contributed by atoms with Gasteiger partial charge in [0, 0.05) is 31.2 Å². The van der Waals surface area contributed by atoms with Crippen LogP contribution in [0.1, 0.15) is 33.8 Å². The Morgan fingerprint density at radius 2 is 1.83 bits per heavy atom. The van der Waals surface area contributed by atoms with E-state index < -0.39 is 0 Å². The van der Waals surface area contributed by atoms with Crippen LogP contribution in [0.2, 0.25) is 0 Å². The van der Waals surface area contributed by atoms with Crippen molar-refractivity contribution >= 4 is 17.2 Å². The van der Waals surface area contributed by atoms with E-state index in [1.807, 2.05) is 13.0 Å². The highest BCUT2D eigenvalue weighted by atomic mass is 32.1. The van der Waals surface area contributed by atoms with Gasteiger partial charge in [-0.05, 0) is 49.6 Å². The number of amides is 1. The number of benzene rings is 2. The van der Waals surface area contributed by atoms with Gasteiger partial charge in [0.1, 0.15) is 15.7 Å². The predicted molar refractivity (Wildman–Crippen MR) is 114 cm³/mol. The Balaban J connectivity index is 1.34. The third kappa shape index (κ3) is 4.89. The average Bonchev–Trinajstić information content (AvgIpc) is 3.12. The van der Waals surface area contributed by atoms with Crippen molar-refractivity contribution in [2.45, 2.75) is 32.4 Å². The van der Waals surface area contributed by atoms with E-state index in [0.29, 0.717) is 10.6 Å². The number of aromatic nitrogens is 1. The van der Waals surface area contributed by atoms with Gasteiger partial charge >= 0.3 is 0 Å². The molecule has 0 unspecified atom stereocenters. The molecule has 1 N–H and O–H groups in total. The van der Waals surface area contributed by atoms with Gasteiger partial charge in [-0.15, -0.1) is 11.3 Å². The molecule has 0 radical (unpaired) electrons. The summed E-state index contributed by atoms with van der Waals surface area (Å²) in [6.07, 6.45) is 1.89. The fourth-order valence-electron chi connectivity index (χ4n) is 3.65. The van der Waals surface area contributed by atoms with E-state index in [1.165, 1.54) is 29.0 Å². The van der Waals surface area contributed by atoms with E-state index in [9.17, 15) is 9.18 Å². The number of hydrogen-bond donors (Lipinski definition) is 1. The number of rotatable bonds is 5. The maximum atomic E-state index is 13.1. The summed E-state index contributed by atoms with van der Waals surface area (Å²) in [5, 5.41) is 3.92. The number of carbonyl (C=O) groups excluding carboxylic acids is 1. The summed E-state index contributed by atoms with van der Waals surface area (Å²) in [5.41, 5.74) is 2.87. The molecule has 1 aromatic heterocycles. The lowest BCUT2D eigenvalue weighted by molar-refractivity contribution is 0.0912. The number of thiazole rings is 1. The van der Waals surface area contributed by atoms with Crippen LogP contribution in [0.4, 0.5) is 4.39 Å². The van der Waals surface area contributed by atoms with Crippen molar-refractivity contribution in [3.8, 4) is 10.6 Å². The zero-order valence-corrected chi connectivity index (χ0v) is 17.2. The van der Waals surface area contributed by atoms with Crippen molar-refractivity contribution in [2.24, 2.45) is 0 Å². The highest BCUT2D eigenvalue weighted by Gasteiger charge is 2.23. The Morgan fingerprint density at radius 1 is 1.14 bits per heavy atom. The summed E-state index contributed by atoms with van der Waals surface area (Å²) in [6, 6.07) is 16.9. The molecule has 1 saturated heterocycles. The Kier molecular flexibility index (Phi) is 6.02. The summed E-state index contributed by atoms with van der Waals surface area (Å²) in [4.78, 5) is 20.4. The maximum Gasteiger partial charge on any atom is 0.263 e. The van der Waals surface area contributed by atoms with Gasteiger partial charge in [-0.3, -0.25) is 9.69 Å². The zero-order chi connectivity index (χ0) is 20.2. The number of nitrogens with zero attached hydrogens (tertiary/aromatic N) is 2. The Labute approximate surface area is 174 Å². The van der Waals surface area contributed by atoms with E-state index in [2.05, 4.69) is 39.5 Å². The van der Waals surface area contributed by atoms with Crippen molar-refractivity contribution in [3.63, 3.8) is 0 Å². The van der Waals surface area contributed by atoms with Crippen LogP contribution in [0.25, 0.3) is 10.6 Å². The molecule has 0 atom stereocenters. The second-order valence-corrected chi connectivity index (χ2v) is 8.45. The van der Waals surface area contributed by atoms with Crippen LogP contribution in [-0.2, 0) is 6.54 Å². The molecule has 2 heterocycles. The molecule has 0 spiro atoms. The molecule has 1 amide bonds. The quantitative estimate of drug-likeness (QED) is 0.667. The number of likely N-dealkylation sites (tertiary alicyclic amines) is 1. The molecule has 1 fully saturated rings. The van der Waals surface area contributed by atoms with Crippen LogP contribution in [0.15, 0.2) is 54.6 Å². The predicted octanol–water partition coefficient (Wildman–Crippen LogP) is 4.65. The molecule has 4 nitrogen and oxygen atoms in total. The van der Waals surface area contributed by atoms with Gasteiger partial charge < -0.3 is 5.32 Å². The highest BCUT2D eigenvalue weighted by molar-refractivity contribution is 7.17. The van der Waals surface area contributed by atoms with Crippen LogP contribution in [0, 0.1) is 12.7 Å². The normalized spacial score (nSPS) is 15.4. The van der Waals surface area contributed by atoms with Crippen molar-refractivity contribution in [1.82, 2.24) is 15.2 Å². The van der Waals surface area contributed by atoms with Crippen LogP contribution in [0.5, 0.6) is 0 Å². The number of piperidine rings is 1. The van der Waals surface area contributed by atoms with Gasteiger partial charge in [-0.1, -0.05) is 30.3 Å². The lowest BCUT2D eigenvalue weighted by atomic mass is 10.0. The Hall–Kier alpha value is -2.57. The highest BCUT2D eigenvalue weighted by Crippen LogP contribution is 2.28. The molecule has 3 aromatic rings. The Bertz CT molecular complexity index is 964. The molecule has 0 aliphatic carbocycles. The van der Waals surface area contributed by atoms with Crippen LogP contribution in [0.3, 0.4) is 0 Å². The largest absolute Gasteiger partial charge is 0.348 e. The van der Waals surface area contributed by atoms with Crippen LogP contribution in [-0.4, -0.2) is 34.9 Å². The maximum absolute atomic E-state index is 13.1. The molecule has 150 valence electrons. The lowest BCUT2D eigenvalue weighted by Gasteiger charge is -2.32. The standard InChI is InChI=1S/C23H24FN3OS/c1-16-21(29-23(25-16)18-7-9-19(24)10-8-18)22(28)26-20-11-13-27(14-12-20)15-17-5-3-2-4-6-17/h2-10,20H,11-15H2,1H3,(H,26,28). The van der Waals surface area contributed by atoms with E-state index >= 15 is 0 Å². The third-order valence-corrected chi connectivity index (χ3v) is 6.47. The first-order valence-electron chi connectivity index (χ1n) is 9.89. The van der Waals surface area contributed by atoms with Gasteiger partial charge in [-0.2, -0.15) is 0 Å². The second-order valence-electron chi connectivity index (χ2n) is 7.45. The molecule has 6 heteroatoms. The molecule has 0 bridgehead atoms. The van der Waals surface area contributed by atoms with E-state index in [1.54, 1.807) is 12.1 Å². The van der Waals surface area contributed by atoms with Gasteiger partial charge in [0.15, 0.2) is 0 Å². The van der Waals surface area contributed by atoms with Gasteiger partial charge in [0.2, 0.25) is 0 Å². The molecule has 0 saturated carbocycles. The van der Waals surface area contributed by atoms with Gasteiger partial charge in [0.05, 0.1) is 5.69 Å². The van der Waals surface area contributed by atoms with Crippen molar-refractivity contribution in [3.05, 3.63) is 76.5 Å². The fraction of sp³-hybridized carbons (Fsp3) is 0.304. The number of halogens is 1. The minimum absolute atomic E-state index is 0.0603. The summed E-state index contributed by atoms with van der Waals surface area (Å²) in [5.74, 6) is -0.339. The number of aryl methyl sites for hydroxylation is 1. The first-order chi connectivity index (χ1) is 14.1. The summed E-state index contributed by atoms with van der Waals surface area (Å²) < 4.78 is 13.1. The van der Waals surface area contributed by atoms with Crippen LogP contribution >= 0.6 is 11.3 Å². The molecular formula is C23H24FN3OS. The van der Waals surface area contributed by atoms with Gasteiger partial charge in [0.25, 0.3) is 5.91 Å². The minimum atomic E-state index is -0.279. The average molecular weight is 410 g/mol. The molecular weight excluding hydrogens is 385 g/mol. The second kappa shape index (κ2) is 8.84. The smallest absolute Gasteiger partial charge is 0.263 e. The molecule has 4 rings (SSSR count). The van der Waals surface area contributed by atoms with E-state index in [-0.39, 0.29) is 17.8 Å². The molecule has 1 aliphatic heterocycles. The summed E-state index contributed by atoms with van der Waals surface area (Å²) in [6.45, 7) is 4.75.